The number of morpholine rings is 1. The third-order valence-corrected chi connectivity index (χ3v) is 5.25. The van der Waals surface area contributed by atoms with E-state index in [1.165, 1.54) is 0 Å². The number of fused-ring (bicyclic) bond motifs is 1. The number of nitrogens with two attached hydrogens (primary N) is 2. The number of imidazole rings is 1. The van der Waals surface area contributed by atoms with Gasteiger partial charge in [0.2, 0.25) is 0 Å². The van der Waals surface area contributed by atoms with Crippen molar-refractivity contribution in [3.05, 3.63) is 60.8 Å². The molecule has 0 aliphatic carbocycles. The van der Waals surface area contributed by atoms with Gasteiger partial charge in [0.15, 0.2) is 0 Å². The molecule has 1 aliphatic rings. The van der Waals surface area contributed by atoms with Crippen LogP contribution in [0.4, 0.5) is 17.2 Å². The fourth-order valence-electron chi connectivity index (χ4n) is 3.75. The Kier molecular flexibility index (Phi) is 4.29. The molecule has 7 heteroatoms. The van der Waals surface area contributed by atoms with Gasteiger partial charge in [0.05, 0.1) is 29.8 Å². The van der Waals surface area contributed by atoms with E-state index < -0.39 is 0 Å². The zero-order valence-corrected chi connectivity index (χ0v) is 16.0. The van der Waals surface area contributed by atoms with Crippen molar-refractivity contribution in [3.8, 4) is 17.1 Å². The minimum atomic E-state index is 0.452. The molecule has 4 N–H and O–H groups in total. The number of pyridine rings is 1. The van der Waals surface area contributed by atoms with Crippen LogP contribution in [0.5, 0.6) is 0 Å². The van der Waals surface area contributed by atoms with Crippen LogP contribution in [0, 0.1) is 0 Å². The Balaban J connectivity index is 1.74. The van der Waals surface area contributed by atoms with Crippen molar-refractivity contribution < 1.29 is 4.74 Å². The number of ether oxygens (including phenoxy) is 1. The van der Waals surface area contributed by atoms with Crippen LogP contribution >= 0.6 is 0 Å². The number of nitrogens with zero attached hydrogens (tertiary/aromatic N) is 4. The topological polar surface area (TPSA) is 95.2 Å². The fraction of sp³-hybridized carbons (Fsp3) is 0.182. The fourth-order valence-corrected chi connectivity index (χ4v) is 3.75. The van der Waals surface area contributed by atoms with Crippen molar-refractivity contribution in [1.29, 1.82) is 0 Å². The molecule has 0 unspecified atom stereocenters. The highest BCUT2D eigenvalue weighted by atomic mass is 16.5. The minimum absolute atomic E-state index is 0.452. The monoisotopic (exact) mass is 386 g/mol. The average Bonchev–Trinajstić information content (AvgIpc) is 3.14. The van der Waals surface area contributed by atoms with Crippen LogP contribution in [0.25, 0.3) is 28.1 Å². The Hall–Kier alpha value is -3.58. The molecule has 4 aromatic rings. The van der Waals surface area contributed by atoms with Crippen LogP contribution in [0.3, 0.4) is 0 Å². The molecule has 2 aromatic carbocycles. The van der Waals surface area contributed by atoms with Gasteiger partial charge < -0.3 is 21.1 Å². The second-order valence-corrected chi connectivity index (χ2v) is 7.07. The maximum absolute atomic E-state index is 6.19. The second-order valence-electron chi connectivity index (χ2n) is 7.07. The number of hydrogen-bond donors (Lipinski definition) is 2. The molecule has 29 heavy (non-hydrogen) atoms. The molecule has 1 aliphatic heterocycles. The molecule has 0 radical (unpaired) electrons. The summed E-state index contributed by atoms with van der Waals surface area (Å²) in [6.45, 7) is 3.24. The van der Waals surface area contributed by atoms with E-state index in [0.29, 0.717) is 5.82 Å². The number of rotatable bonds is 3. The first-order chi connectivity index (χ1) is 14.2. The van der Waals surface area contributed by atoms with E-state index in [-0.39, 0.29) is 0 Å². The van der Waals surface area contributed by atoms with Crippen molar-refractivity contribution in [3.63, 3.8) is 0 Å². The quantitative estimate of drug-likeness (QED) is 0.526. The van der Waals surface area contributed by atoms with Gasteiger partial charge in [-0.2, -0.15) is 0 Å². The van der Waals surface area contributed by atoms with Gasteiger partial charge in [0, 0.05) is 36.3 Å². The van der Waals surface area contributed by atoms with Crippen LogP contribution < -0.4 is 16.4 Å². The maximum Gasteiger partial charge on any atom is 0.149 e. The zero-order valence-electron chi connectivity index (χ0n) is 16.0. The first-order valence-corrected chi connectivity index (χ1v) is 9.63. The zero-order chi connectivity index (χ0) is 19.8. The summed E-state index contributed by atoms with van der Waals surface area (Å²) in [4.78, 5) is 11.5. The Labute approximate surface area is 168 Å². The van der Waals surface area contributed by atoms with Gasteiger partial charge in [-0.25, -0.2) is 9.97 Å². The third kappa shape index (κ3) is 3.15. The van der Waals surface area contributed by atoms with Crippen molar-refractivity contribution >= 4 is 28.2 Å². The SMILES string of the molecule is Nc1ccc(-n2c(-c3cccnc3N)nc3ccc(N4CCOCC4)cc32)cc1. The molecule has 7 nitrogen and oxygen atoms in total. The highest BCUT2D eigenvalue weighted by Crippen LogP contribution is 2.33. The number of aromatic nitrogens is 3. The minimum Gasteiger partial charge on any atom is -0.399 e. The number of hydrogen-bond acceptors (Lipinski definition) is 6. The largest absolute Gasteiger partial charge is 0.399 e. The number of nitrogen functional groups attached to an aromatic ring is 2. The lowest BCUT2D eigenvalue weighted by molar-refractivity contribution is 0.122. The van der Waals surface area contributed by atoms with E-state index >= 15 is 0 Å². The van der Waals surface area contributed by atoms with E-state index in [1.807, 2.05) is 36.4 Å². The summed E-state index contributed by atoms with van der Waals surface area (Å²) in [5.74, 6) is 1.21. The smallest absolute Gasteiger partial charge is 0.149 e. The normalized spacial score (nSPS) is 14.4. The van der Waals surface area contributed by atoms with Crippen LogP contribution in [0.2, 0.25) is 0 Å². The second kappa shape index (κ2) is 7.10. The molecule has 0 saturated carbocycles. The summed E-state index contributed by atoms with van der Waals surface area (Å²) >= 11 is 0. The van der Waals surface area contributed by atoms with Crippen molar-refractivity contribution in [2.24, 2.45) is 0 Å². The van der Waals surface area contributed by atoms with Gasteiger partial charge >= 0.3 is 0 Å². The summed E-state index contributed by atoms with van der Waals surface area (Å²) in [5.41, 5.74) is 17.7. The van der Waals surface area contributed by atoms with Crippen molar-refractivity contribution in [1.82, 2.24) is 14.5 Å². The Morgan fingerprint density at radius 3 is 2.41 bits per heavy atom. The molecule has 1 fully saturated rings. The van der Waals surface area contributed by atoms with Gasteiger partial charge in [-0.15, -0.1) is 0 Å². The van der Waals surface area contributed by atoms with Crippen LogP contribution in [-0.4, -0.2) is 40.8 Å². The van der Waals surface area contributed by atoms with Gasteiger partial charge in [0.1, 0.15) is 11.6 Å². The van der Waals surface area contributed by atoms with Gasteiger partial charge in [-0.1, -0.05) is 0 Å². The summed E-state index contributed by atoms with van der Waals surface area (Å²) in [5, 5.41) is 0. The molecule has 3 heterocycles. The molecule has 1 saturated heterocycles. The van der Waals surface area contributed by atoms with E-state index in [2.05, 4.69) is 32.7 Å². The highest BCUT2D eigenvalue weighted by molar-refractivity contribution is 5.87. The molecule has 0 bridgehead atoms. The number of benzene rings is 2. The summed E-state index contributed by atoms with van der Waals surface area (Å²) in [6, 6.07) is 17.9. The first kappa shape index (κ1) is 17.5. The molecule has 0 spiro atoms. The Morgan fingerprint density at radius 2 is 1.66 bits per heavy atom. The molecular formula is C22H22N6O. The number of anilines is 3. The molecule has 5 rings (SSSR count). The van der Waals surface area contributed by atoms with E-state index in [0.717, 1.165) is 65.8 Å². The van der Waals surface area contributed by atoms with Gasteiger partial charge in [-0.3, -0.25) is 4.57 Å². The Morgan fingerprint density at radius 1 is 0.897 bits per heavy atom. The average molecular weight is 386 g/mol. The summed E-state index contributed by atoms with van der Waals surface area (Å²) in [6.07, 6.45) is 1.69. The third-order valence-electron chi connectivity index (χ3n) is 5.25. The van der Waals surface area contributed by atoms with E-state index in [9.17, 15) is 0 Å². The van der Waals surface area contributed by atoms with Crippen molar-refractivity contribution in [2.45, 2.75) is 0 Å². The summed E-state index contributed by atoms with van der Waals surface area (Å²) < 4.78 is 7.61. The molecule has 0 amide bonds. The van der Waals surface area contributed by atoms with Crippen LogP contribution in [0.15, 0.2) is 60.8 Å². The standard InChI is InChI=1S/C22H22N6O/c23-15-3-5-16(6-4-15)28-20-14-17(27-10-12-29-13-11-27)7-8-19(20)26-22(28)18-2-1-9-25-21(18)24/h1-9,14H,10-13,23H2,(H2,24,25). The predicted octanol–water partition coefficient (Wildman–Crippen LogP) is 3.09. The lowest BCUT2D eigenvalue weighted by atomic mass is 10.2. The predicted molar refractivity (Wildman–Crippen MR) is 116 cm³/mol. The Bertz CT molecular complexity index is 1160. The van der Waals surface area contributed by atoms with Crippen LogP contribution in [-0.2, 0) is 4.74 Å². The van der Waals surface area contributed by atoms with E-state index in [4.69, 9.17) is 21.2 Å². The molecule has 146 valence electrons. The van der Waals surface area contributed by atoms with Crippen LogP contribution in [0.1, 0.15) is 0 Å². The lowest BCUT2D eigenvalue weighted by Gasteiger charge is -2.28. The molecule has 0 atom stereocenters. The van der Waals surface area contributed by atoms with Crippen molar-refractivity contribution in [2.75, 3.05) is 42.7 Å². The maximum atomic E-state index is 6.19. The van der Waals surface area contributed by atoms with E-state index in [1.54, 1.807) is 6.20 Å². The first-order valence-electron chi connectivity index (χ1n) is 9.63. The summed E-state index contributed by atoms with van der Waals surface area (Å²) in [7, 11) is 0. The molecular weight excluding hydrogens is 364 g/mol. The highest BCUT2D eigenvalue weighted by Gasteiger charge is 2.19. The van der Waals surface area contributed by atoms with Gasteiger partial charge in [-0.05, 0) is 54.6 Å². The lowest BCUT2D eigenvalue weighted by Crippen LogP contribution is -2.36. The van der Waals surface area contributed by atoms with Gasteiger partial charge in [0.25, 0.3) is 0 Å². The molecule has 2 aromatic heterocycles.